The van der Waals surface area contributed by atoms with Crippen molar-refractivity contribution in [2.75, 3.05) is 0 Å². The predicted octanol–water partition coefficient (Wildman–Crippen LogP) is 2.14. The smallest absolute Gasteiger partial charge is 0.222 e. The molecule has 1 saturated carbocycles. The molecule has 1 aromatic heterocycles. The van der Waals surface area contributed by atoms with Gasteiger partial charge in [-0.3, -0.25) is 9.59 Å². The molecule has 0 aliphatic heterocycles. The van der Waals surface area contributed by atoms with Gasteiger partial charge in [0.2, 0.25) is 5.91 Å². The van der Waals surface area contributed by atoms with Gasteiger partial charge in [-0.1, -0.05) is 6.92 Å². The van der Waals surface area contributed by atoms with E-state index in [1.54, 1.807) is 0 Å². The number of nitrogens with zero attached hydrogens (tertiary/aromatic N) is 1. The van der Waals surface area contributed by atoms with E-state index in [0.717, 1.165) is 24.8 Å². The van der Waals surface area contributed by atoms with Gasteiger partial charge in [0.1, 0.15) is 0 Å². The second kappa shape index (κ2) is 5.85. The molecule has 1 aromatic rings. The number of carbonyl (C=O) groups excluding carboxylic acids is 2. The Morgan fingerprint density at radius 3 is 2.83 bits per heavy atom. The van der Waals surface area contributed by atoms with Crippen molar-refractivity contribution in [1.82, 2.24) is 9.88 Å². The zero-order chi connectivity index (χ0) is 13.0. The molecule has 0 spiro atoms. The number of nitrogens with one attached hydrogen (secondary N) is 1. The van der Waals surface area contributed by atoms with E-state index in [-0.39, 0.29) is 11.7 Å². The minimum atomic E-state index is 0.104. The highest BCUT2D eigenvalue weighted by Crippen LogP contribution is 2.18. The lowest BCUT2D eigenvalue weighted by Crippen LogP contribution is -2.26. The molecular weight excluding hydrogens is 228 g/mol. The second-order valence-corrected chi connectivity index (χ2v) is 4.90. The lowest BCUT2D eigenvalue weighted by Gasteiger charge is -2.04. The molecule has 4 heteroatoms. The fourth-order valence-electron chi connectivity index (χ4n) is 1.87. The van der Waals surface area contributed by atoms with Crippen LogP contribution in [0.1, 0.15) is 49.4 Å². The first-order chi connectivity index (χ1) is 8.69. The van der Waals surface area contributed by atoms with Crippen LogP contribution in [0, 0.1) is 0 Å². The summed E-state index contributed by atoms with van der Waals surface area (Å²) in [5.41, 5.74) is 0.749. The van der Waals surface area contributed by atoms with E-state index in [1.165, 1.54) is 0 Å². The number of amides is 1. The Balaban J connectivity index is 1.78. The molecule has 1 heterocycles. The van der Waals surface area contributed by atoms with Crippen molar-refractivity contribution < 1.29 is 9.59 Å². The predicted molar refractivity (Wildman–Crippen MR) is 69.5 cm³/mol. The summed E-state index contributed by atoms with van der Waals surface area (Å²) in [6.07, 6.45) is 7.87. The van der Waals surface area contributed by atoms with E-state index in [0.29, 0.717) is 25.4 Å². The van der Waals surface area contributed by atoms with Crippen LogP contribution in [0.2, 0.25) is 0 Å². The van der Waals surface area contributed by atoms with E-state index in [1.807, 2.05) is 30.0 Å². The number of hydrogen-bond acceptors (Lipinski definition) is 2. The summed E-state index contributed by atoms with van der Waals surface area (Å²) in [6, 6.07) is 2.25. The van der Waals surface area contributed by atoms with Gasteiger partial charge in [-0.25, -0.2) is 0 Å². The molecule has 0 bridgehead atoms. The van der Waals surface area contributed by atoms with Crippen LogP contribution in [0.5, 0.6) is 0 Å². The third kappa shape index (κ3) is 3.72. The van der Waals surface area contributed by atoms with Crippen molar-refractivity contribution in [1.29, 1.82) is 0 Å². The van der Waals surface area contributed by atoms with E-state index in [2.05, 4.69) is 5.32 Å². The molecular formula is C14H20N2O2. The minimum absolute atomic E-state index is 0.104. The van der Waals surface area contributed by atoms with Crippen LogP contribution in [0.4, 0.5) is 0 Å². The first kappa shape index (κ1) is 12.9. The van der Waals surface area contributed by atoms with Crippen LogP contribution < -0.4 is 5.32 Å². The van der Waals surface area contributed by atoms with E-state index < -0.39 is 0 Å². The van der Waals surface area contributed by atoms with Crippen LogP contribution in [0.3, 0.4) is 0 Å². The summed E-state index contributed by atoms with van der Waals surface area (Å²) in [5.74, 6) is 0.284. The largest absolute Gasteiger partial charge is 0.353 e. The fourth-order valence-corrected chi connectivity index (χ4v) is 1.87. The van der Waals surface area contributed by atoms with Crippen molar-refractivity contribution in [2.24, 2.45) is 0 Å². The Hall–Kier alpha value is -1.58. The Labute approximate surface area is 107 Å². The SMILES string of the molecule is CCCC(=O)c1ccn(CCC(=O)NC2CC2)c1. The van der Waals surface area contributed by atoms with Crippen LogP contribution in [0.25, 0.3) is 0 Å². The highest BCUT2D eigenvalue weighted by molar-refractivity contribution is 5.95. The second-order valence-electron chi connectivity index (χ2n) is 4.90. The quantitative estimate of drug-likeness (QED) is 0.752. The standard InChI is InChI=1S/C14H20N2O2/c1-2-3-13(17)11-6-8-16(10-11)9-7-14(18)15-12-4-5-12/h6,8,10,12H,2-5,7,9H2,1H3,(H,15,18). The minimum Gasteiger partial charge on any atom is -0.353 e. The van der Waals surface area contributed by atoms with Crippen molar-refractivity contribution in [3.63, 3.8) is 0 Å². The van der Waals surface area contributed by atoms with Gasteiger partial charge in [-0.05, 0) is 25.3 Å². The highest BCUT2D eigenvalue weighted by atomic mass is 16.1. The number of hydrogen-bond donors (Lipinski definition) is 1. The third-order valence-corrected chi connectivity index (χ3v) is 3.09. The highest BCUT2D eigenvalue weighted by Gasteiger charge is 2.22. The molecule has 0 saturated heterocycles. The molecule has 1 aliphatic carbocycles. The monoisotopic (exact) mass is 248 g/mol. The van der Waals surface area contributed by atoms with Crippen LogP contribution in [0.15, 0.2) is 18.5 Å². The molecule has 98 valence electrons. The van der Waals surface area contributed by atoms with Crippen molar-refractivity contribution in [3.05, 3.63) is 24.0 Å². The molecule has 1 fully saturated rings. The number of ketones is 1. The van der Waals surface area contributed by atoms with Gasteiger partial charge in [0, 0.05) is 43.4 Å². The van der Waals surface area contributed by atoms with Gasteiger partial charge >= 0.3 is 0 Å². The zero-order valence-corrected chi connectivity index (χ0v) is 10.8. The molecule has 0 atom stereocenters. The van der Waals surface area contributed by atoms with Crippen LogP contribution >= 0.6 is 0 Å². The zero-order valence-electron chi connectivity index (χ0n) is 10.8. The van der Waals surface area contributed by atoms with Gasteiger partial charge in [-0.15, -0.1) is 0 Å². The first-order valence-corrected chi connectivity index (χ1v) is 6.67. The molecule has 18 heavy (non-hydrogen) atoms. The summed E-state index contributed by atoms with van der Waals surface area (Å²) in [4.78, 5) is 23.2. The topological polar surface area (TPSA) is 51.1 Å². The lowest BCUT2D eigenvalue weighted by atomic mass is 10.1. The molecule has 1 N–H and O–H groups in total. The van der Waals surface area contributed by atoms with Crippen LogP contribution in [-0.4, -0.2) is 22.3 Å². The number of carbonyl (C=O) groups is 2. The number of aromatic nitrogens is 1. The molecule has 0 unspecified atom stereocenters. The normalized spacial score (nSPS) is 14.5. The Morgan fingerprint density at radius 2 is 2.17 bits per heavy atom. The molecule has 1 aliphatic rings. The maximum Gasteiger partial charge on any atom is 0.222 e. The average Bonchev–Trinajstić information content (AvgIpc) is 3.02. The Kier molecular flexibility index (Phi) is 4.18. The molecule has 4 nitrogen and oxygen atoms in total. The summed E-state index contributed by atoms with van der Waals surface area (Å²) >= 11 is 0. The Morgan fingerprint density at radius 1 is 1.39 bits per heavy atom. The summed E-state index contributed by atoms with van der Waals surface area (Å²) in [5, 5.41) is 2.95. The number of rotatable bonds is 7. The number of aryl methyl sites for hydroxylation is 1. The lowest BCUT2D eigenvalue weighted by molar-refractivity contribution is -0.121. The van der Waals surface area contributed by atoms with Crippen molar-refractivity contribution in [2.45, 2.75) is 51.6 Å². The molecule has 0 aromatic carbocycles. The maximum atomic E-state index is 11.7. The van der Waals surface area contributed by atoms with Gasteiger partial charge in [0.25, 0.3) is 0 Å². The Bertz CT molecular complexity index is 433. The van der Waals surface area contributed by atoms with E-state index >= 15 is 0 Å². The number of Topliss-reactive ketones (excluding diaryl/α,β-unsaturated/α-hetero) is 1. The van der Waals surface area contributed by atoms with Crippen molar-refractivity contribution in [3.8, 4) is 0 Å². The summed E-state index contributed by atoms with van der Waals surface area (Å²) in [6.45, 7) is 2.63. The van der Waals surface area contributed by atoms with Gasteiger partial charge in [-0.2, -0.15) is 0 Å². The molecule has 1 amide bonds. The van der Waals surface area contributed by atoms with Gasteiger partial charge in [0.15, 0.2) is 5.78 Å². The van der Waals surface area contributed by atoms with Crippen LogP contribution in [-0.2, 0) is 11.3 Å². The van der Waals surface area contributed by atoms with E-state index in [4.69, 9.17) is 0 Å². The third-order valence-electron chi connectivity index (χ3n) is 3.09. The molecule has 0 radical (unpaired) electrons. The molecule has 2 rings (SSSR count). The van der Waals surface area contributed by atoms with Gasteiger partial charge < -0.3 is 9.88 Å². The maximum absolute atomic E-state index is 11.7. The first-order valence-electron chi connectivity index (χ1n) is 6.67. The van der Waals surface area contributed by atoms with Gasteiger partial charge in [0.05, 0.1) is 0 Å². The fraction of sp³-hybridized carbons (Fsp3) is 0.571. The summed E-state index contributed by atoms with van der Waals surface area (Å²) < 4.78 is 1.91. The average molecular weight is 248 g/mol. The summed E-state index contributed by atoms with van der Waals surface area (Å²) in [7, 11) is 0. The van der Waals surface area contributed by atoms with E-state index in [9.17, 15) is 9.59 Å². The van der Waals surface area contributed by atoms with Crippen molar-refractivity contribution >= 4 is 11.7 Å².